The Bertz CT molecular complexity index is 341. The highest BCUT2D eigenvalue weighted by Gasteiger charge is 2.08. The molecule has 0 radical (unpaired) electrons. The van der Waals surface area contributed by atoms with E-state index in [0.29, 0.717) is 6.61 Å². The molecule has 3 nitrogen and oxygen atoms in total. The van der Waals surface area contributed by atoms with E-state index in [1.807, 2.05) is 6.08 Å². The Balaban J connectivity index is 1.86. The molecule has 0 bridgehead atoms. The van der Waals surface area contributed by atoms with Crippen LogP contribution in [0.15, 0.2) is 35.5 Å². The van der Waals surface area contributed by atoms with Crippen LogP contribution in [0.4, 0.5) is 0 Å². The number of carbonyl (C=O) groups excluding carboxylic acids is 1. The number of hydrogen-bond donors (Lipinski definition) is 0. The molecule has 0 fully saturated rings. The zero-order chi connectivity index (χ0) is 13.8. The van der Waals surface area contributed by atoms with E-state index in [4.69, 9.17) is 9.15 Å². The lowest BCUT2D eigenvalue weighted by Crippen LogP contribution is -2.05. The predicted molar refractivity (Wildman–Crippen MR) is 76.1 cm³/mol. The van der Waals surface area contributed by atoms with Crippen molar-refractivity contribution in [3.05, 3.63) is 36.8 Å². The first-order valence-electron chi connectivity index (χ1n) is 7.16. The van der Waals surface area contributed by atoms with Gasteiger partial charge in [0.1, 0.15) is 0 Å². The summed E-state index contributed by atoms with van der Waals surface area (Å²) in [4.78, 5) is 11.4. The molecule has 3 heteroatoms. The van der Waals surface area contributed by atoms with Crippen molar-refractivity contribution < 1.29 is 13.9 Å². The molecule has 0 aliphatic heterocycles. The Morgan fingerprint density at radius 3 is 2.47 bits per heavy atom. The molecule has 0 saturated heterocycles. The molecule has 1 aromatic rings. The average molecular weight is 264 g/mol. The zero-order valence-electron chi connectivity index (χ0n) is 11.6. The van der Waals surface area contributed by atoms with Crippen LogP contribution in [0, 0.1) is 0 Å². The minimum atomic E-state index is -0.366. The van der Waals surface area contributed by atoms with Crippen molar-refractivity contribution in [3.8, 4) is 0 Å². The molecule has 19 heavy (non-hydrogen) atoms. The van der Waals surface area contributed by atoms with Gasteiger partial charge in [-0.3, -0.25) is 0 Å². The highest BCUT2D eigenvalue weighted by atomic mass is 16.5. The molecule has 0 amide bonds. The van der Waals surface area contributed by atoms with Crippen LogP contribution < -0.4 is 0 Å². The van der Waals surface area contributed by atoms with Crippen molar-refractivity contribution in [2.75, 3.05) is 6.61 Å². The monoisotopic (exact) mass is 264 g/mol. The molecule has 0 spiro atoms. The molecule has 106 valence electrons. The molecule has 0 N–H and O–H groups in total. The van der Waals surface area contributed by atoms with Gasteiger partial charge in [0.25, 0.3) is 0 Å². The van der Waals surface area contributed by atoms with Gasteiger partial charge < -0.3 is 9.15 Å². The first-order valence-corrected chi connectivity index (χ1v) is 7.16. The van der Waals surface area contributed by atoms with Crippen LogP contribution in [-0.2, 0) is 4.74 Å². The maximum atomic E-state index is 11.4. The van der Waals surface area contributed by atoms with E-state index in [0.717, 1.165) is 19.3 Å². The summed E-state index contributed by atoms with van der Waals surface area (Å²) in [6, 6.07) is 3.30. The standard InChI is InChI=1S/C16H24O3/c1-2-3-4-5-6-7-8-9-10-13-19-16(17)15-12-11-14-18-15/h2,11-12,14H,1,3-10,13H2. The topological polar surface area (TPSA) is 39.4 Å². The van der Waals surface area contributed by atoms with Crippen molar-refractivity contribution >= 4 is 5.97 Å². The minimum absolute atomic E-state index is 0.280. The lowest BCUT2D eigenvalue weighted by Gasteiger charge is -2.03. The lowest BCUT2D eigenvalue weighted by atomic mass is 10.1. The number of hydrogen-bond acceptors (Lipinski definition) is 3. The fourth-order valence-electron chi connectivity index (χ4n) is 1.91. The highest BCUT2D eigenvalue weighted by Crippen LogP contribution is 2.09. The number of rotatable bonds is 11. The second kappa shape index (κ2) is 10.4. The second-order valence-electron chi connectivity index (χ2n) is 4.67. The van der Waals surface area contributed by atoms with E-state index in [1.165, 1.54) is 38.4 Å². The van der Waals surface area contributed by atoms with Crippen LogP contribution in [0.2, 0.25) is 0 Å². The van der Waals surface area contributed by atoms with Gasteiger partial charge in [0.05, 0.1) is 12.9 Å². The van der Waals surface area contributed by atoms with E-state index >= 15 is 0 Å². The number of ether oxygens (including phenoxy) is 1. The summed E-state index contributed by atoms with van der Waals surface area (Å²) < 4.78 is 10.1. The van der Waals surface area contributed by atoms with Crippen molar-refractivity contribution in [3.63, 3.8) is 0 Å². The van der Waals surface area contributed by atoms with Crippen molar-refractivity contribution in [2.24, 2.45) is 0 Å². The molecule has 0 saturated carbocycles. The third-order valence-electron chi connectivity index (χ3n) is 3.01. The Morgan fingerprint density at radius 1 is 1.16 bits per heavy atom. The summed E-state index contributed by atoms with van der Waals surface area (Å²) in [6.07, 6.45) is 12.9. The Labute approximate surface area is 115 Å². The third-order valence-corrected chi connectivity index (χ3v) is 3.01. The molecular formula is C16H24O3. The Kier molecular flexibility index (Phi) is 8.52. The summed E-state index contributed by atoms with van der Waals surface area (Å²) in [7, 11) is 0. The molecule has 0 unspecified atom stereocenters. The van der Waals surface area contributed by atoms with Gasteiger partial charge in [-0.05, 0) is 31.4 Å². The number of unbranched alkanes of at least 4 members (excludes halogenated alkanes) is 7. The molecule has 0 atom stereocenters. The number of esters is 1. The summed E-state index contributed by atoms with van der Waals surface area (Å²) in [5.41, 5.74) is 0. The smallest absolute Gasteiger partial charge is 0.374 e. The van der Waals surface area contributed by atoms with Gasteiger partial charge in [-0.15, -0.1) is 6.58 Å². The van der Waals surface area contributed by atoms with Gasteiger partial charge in [-0.1, -0.05) is 38.2 Å². The maximum Gasteiger partial charge on any atom is 0.374 e. The van der Waals surface area contributed by atoms with Crippen molar-refractivity contribution in [1.82, 2.24) is 0 Å². The number of carbonyl (C=O) groups is 1. The van der Waals surface area contributed by atoms with Crippen LogP contribution in [0.1, 0.15) is 61.9 Å². The van der Waals surface area contributed by atoms with Crippen LogP contribution in [0.3, 0.4) is 0 Å². The molecule has 0 aliphatic carbocycles. The zero-order valence-corrected chi connectivity index (χ0v) is 11.6. The lowest BCUT2D eigenvalue weighted by molar-refractivity contribution is 0.0461. The van der Waals surface area contributed by atoms with Crippen LogP contribution in [0.5, 0.6) is 0 Å². The summed E-state index contributed by atoms with van der Waals surface area (Å²) in [5.74, 6) is -0.0864. The third kappa shape index (κ3) is 7.50. The Morgan fingerprint density at radius 2 is 1.84 bits per heavy atom. The quantitative estimate of drug-likeness (QED) is 0.329. The SMILES string of the molecule is C=CCCCCCCCCCOC(=O)c1ccco1. The summed E-state index contributed by atoms with van der Waals surface area (Å²) in [6.45, 7) is 4.20. The first kappa shape index (κ1) is 15.5. The van der Waals surface area contributed by atoms with Gasteiger partial charge in [0.15, 0.2) is 0 Å². The molecule has 0 aliphatic rings. The van der Waals surface area contributed by atoms with E-state index in [2.05, 4.69) is 6.58 Å². The summed E-state index contributed by atoms with van der Waals surface area (Å²) in [5, 5.41) is 0. The first-order chi connectivity index (χ1) is 9.34. The molecule has 1 rings (SSSR count). The van der Waals surface area contributed by atoms with Gasteiger partial charge in [0.2, 0.25) is 5.76 Å². The molecule has 1 heterocycles. The maximum absolute atomic E-state index is 11.4. The van der Waals surface area contributed by atoms with E-state index in [-0.39, 0.29) is 11.7 Å². The van der Waals surface area contributed by atoms with E-state index < -0.39 is 0 Å². The van der Waals surface area contributed by atoms with Crippen molar-refractivity contribution in [2.45, 2.75) is 51.4 Å². The largest absolute Gasteiger partial charge is 0.460 e. The fraction of sp³-hybridized carbons (Fsp3) is 0.562. The molecule has 1 aromatic heterocycles. The number of furan rings is 1. The van der Waals surface area contributed by atoms with Crippen LogP contribution in [-0.4, -0.2) is 12.6 Å². The van der Waals surface area contributed by atoms with Gasteiger partial charge in [-0.2, -0.15) is 0 Å². The van der Waals surface area contributed by atoms with Crippen molar-refractivity contribution in [1.29, 1.82) is 0 Å². The van der Waals surface area contributed by atoms with Gasteiger partial charge in [0, 0.05) is 0 Å². The van der Waals surface area contributed by atoms with Gasteiger partial charge >= 0.3 is 5.97 Å². The normalized spacial score (nSPS) is 10.3. The fourth-order valence-corrected chi connectivity index (χ4v) is 1.91. The van der Waals surface area contributed by atoms with Crippen LogP contribution >= 0.6 is 0 Å². The molecular weight excluding hydrogens is 240 g/mol. The minimum Gasteiger partial charge on any atom is -0.460 e. The van der Waals surface area contributed by atoms with Gasteiger partial charge in [-0.25, -0.2) is 4.79 Å². The summed E-state index contributed by atoms with van der Waals surface area (Å²) >= 11 is 0. The van der Waals surface area contributed by atoms with E-state index in [1.54, 1.807) is 12.1 Å². The predicted octanol–water partition coefficient (Wildman–Crippen LogP) is 4.74. The number of allylic oxidation sites excluding steroid dienone is 1. The second-order valence-corrected chi connectivity index (χ2v) is 4.67. The van der Waals surface area contributed by atoms with E-state index in [9.17, 15) is 4.79 Å². The Hall–Kier alpha value is -1.51. The van der Waals surface area contributed by atoms with Crippen LogP contribution in [0.25, 0.3) is 0 Å². The average Bonchev–Trinajstić information content (AvgIpc) is 2.95. The highest BCUT2D eigenvalue weighted by molar-refractivity contribution is 5.86. The molecule has 0 aromatic carbocycles.